The Balaban J connectivity index is 2.49. The lowest BCUT2D eigenvalue weighted by Crippen LogP contribution is -2.32. The standard InChI is InChI=1S/C12H15ClFNS/c1-3-15-12-7(2)16-6-8-10(14)5-4-9(13)11(8)12/h4-5,7,12,15H,3,6H2,1-2H3. The molecule has 2 rings (SSSR count). The summed E-state index contributed by atoms with van der Waals surface area (Å²) in [6.07, 6.45) is 0. The fraction of sp³-hybridized carbons (Fsp3) is 0.500. The van der Waals surface area contributed by atoms with Crippen LogP contribution in [0.5, 0.6) is 0 Å². The number of rotatable bonds is 2. The SMILES string of the molecule is CCNC1c2c(Cl)ccc(F)c2CSC1C. The van der Waals surface area contributed by atoms with Gasteiger partial charge in [0.25, 0.3) is 0 Å². The van der Waals surface area contributed by atoms with E-state index < -0.39 is 0 Å². The van der Waals surface area contributed by atoms with E-state index in [9.17, 15) is 4.39 Å². The second kappa shape index (κ2) is 4.94. The Kier molecular flexibility index (Phi) is 3.77. The van der Waals surface area contributed by atoms with Gasteiger partial charge in [-0.15, -0.1) is 0 Å². The molecule has 0 fully saturated rings. The summed E-state index contributed by atoms with van der Waals surface area (Å²) in [4.78, 5) is 0. The zero-order valence-electron chi connectivity index (χ0n) is 9.39. The van der Waals surface area contributed by atoms with Crippen molar-refractivity contribution in [2.45, 2.75) is 30.9 Å². The third-order valence-corrected chi connectivity index (χ3v) is 4.52. The molecule has 1 N–H and O–H groups in total. The van der Waals surface area contributed by atoms with E-state index in [0.29, 0.717) is 16.0 Å². The van der Waals surface area contributed by atoms with Crippen molar-refractivity contribution in [3.05, 3.63) is 34.1 Å². The molecule has 88 valence electrons. The minimum Gasteiger partial charge on any atom is -0.309 e. The van der Waals surface area contributed by atoms with Crippen LogP contribution in [0.4, 0.5) is 4.39 Å². The molecule has 2 atom stereocenters. The molecule has 1 aromatic carbocycles. The fourth-order valence-corrected chi connectivity index (χ4v) is 3.57. The van der Waals surface area contributed by atoms with Gasteiger partial charge in [-0.2, -0.15) is 11.8 Å². The Bertz CT molecular complexity index is 397. The van der Waals surface area contributed by atoms with Crippen molar-refractivity contribution in [1.82, 2.24) is 5.32 Å². The van der Waals surface area contributed by atoms with Gasteiger partial charge in [0.15, 0.2) is 0 Å². The van der Waals surface area contributed by atoms with Crippen molar-refractivity contribution >= 4 is 23.4 Å². The second-order valence-electron chi connectivity index (χ2n) is 3.97. The van der Waals surface area contributed by atoms with Crippen LogP contribution in [0.25, 0.3) is 0 Å². The van der Waals surface area contributed by atoms with E-state index in [2.05, 4.69) is 19.2 Å². The predicted molar refractivity (Wildman–Crippen MR) is 68.6 cm³/mol. The van der Waals surface area contributed by atoms with Gasteiger partial charge in [0, 0.05) is 27.6 Å². The maximum atomic E-state index is 13.7. The van der Waals surface area contributed by atoms with Gasteiger partial charge in [0.1, 0.15) is 5.82 Å². The quantitative estimate of drug-likeness (QED) is 0.868. The molecule has 1 aromatic rings. The first-order valence-corrected chi connectivity index (χ1v) is 6.89. The van der Waals surface area contributed by atoms with Crippen molar-refractivity contribution in [2.24, 2.45) is 0 Å². The molecule has 1 aliphatic heterocycles. The number of hydrogen-bond donors (Lipinski definition) is 1. The third-order valence-electron chi connectivity index (χ3n) is 2.94. The normalized spacial score (nSPS) is 24.2. The van der Waals surface area contributed by atoms with Gasteiger partial charge in [-0.25, -0.2) is 4.39 Å². The molecule has 1 aliphatic rings. The molecule has 0 aromatic heterocycles. The summed E-state index contributed by atoms with van der Waals surface area (Å²) in [6, 6.07) is 3.27. The molecule has 1 heterocycles. The first kappa shape index (κ1) is 12.2. The summed E-state index contributed by atoms with van der Waals surface area (Å²) >= 11 is 7.96. The summed E-state index contributed by atoms with van der Waals surface area (Å²) in [7, 11) is 0. The van der Waals surface area contributed by atoms with Gasteiger partial charge in [-0.05, 0) is 24.2 Å². The molecular formula is C12H15ClFNS. The van der Waals surface area contributed by atoms with Gasteiger partial charge in [-0.3, -0.25) is 0 Å². The molecule has 0 amide bonds. The van der Waals surface area contributed by atoms with Crippen LogP contribution in [0, 0.1) is 5.82 Å². The Morgan fingerprint density at radius 1 is 1.56 bits per heavy atom. The number of thioether (sulfide) groups is 1. The molecular weight excluding hydrogens is 245 g/mol. The summed E-state index contributed by atoms with van der Waals surface area (Å²) in [5.74, 6) is 0.576. The minimum absolute atomic E-state index is 0.137. The fourth-order valence-electron chi connectivity index (χ4n) is 2.13. The lowest BCUT2D eigenvalue weighted by atomic mass is 9.97. The van der Waals surface area contributed by atoms with E-state index in [1.165, 1.54) is 6.07 Å². The van der Waals surface area contributed by atoms with Crippen LogP contribution in [-0.2, 0) is 5.75 Å². The third kappa shape index (κ3) is 2.08. The zero-order chi connectivity index (χ0) is 11.7. The molecule has 2 unspecified atom stereocenters. The highest BCUT2D eigenvalue weighted by atomic mass is 35.5. The molecule has 4 heteroatoms. The maximum Gasteiger partial charge on any atom is 0.127 e. The van der Waals surface area contributed by atoms with E-state index in [0.717, 1.165) is 17.7 Å². The molecule has 0 saturated heterocycles. The first-order chi connectivity index (χ1) is 7.65. The van der Waals surface area contributed by atoms with Crippen LogP contribution in [0.3, 0.4) is 0 Å². The Hall–Kier alpha value is -0.250. The van der Waals surface area contributed by atoms with Crippen molar-refractivity contribution in [3.8, 4) is 0 Å². The van der Waals surface area contributed by atoms with Gasteiger partial charge in [0.2, 0.25) is 0 Å². The summed E-state index contributed by atoms with van der Waals surface area (Å²) in [5.41, 5.74) is 1.72. The van der Waals surface area contributed by atoms with Crippen LogP contribution < -0.4 is 5.32 Å². The van der Waals surface area contributed by atoms with Crippen LogP contribution in [0.2, 0.25) is 5.02 Å². The van der Waals surface area contributed by atoms with Crippen LogP contribution >= 0.6 is 23.4 Å². The van der Waals surface area contributed by atoms with E-state index in [4.69, 9.17) is 11.6 Å². The average molecular weight is 260 g/mol. The molecule has 16 heavy (non-hydrogen) atoms. The van der Waals surface area contributed by atoms with Crippen molar-refractivity contribution in [2.75, 3.05) is 6.54 Å². The van der Waals surface area contributed by atoms with Gasteiger partial charge < -0.3 is 5.32 Å². The van der Waals surface area contributed by atoms with Gasteiger partial charge >= 0.3 is 0 Å². The van der Waals surface area contributed by atoms with Crippen molar-refractivity contribution in [1.29, 1.82) is 0 Å². The van der Waals surface area contributed by atoms with E-state index in [-0.39, 0.29) is 11.9 Å². The highest BCUT2D eigenvalue weighted by molar-refractivity contribution is 7.99. The molecule has 0 bridgehead atoms. The lowest BCUT2D eigenvalue weighted by Gasteiger charge is -2.32. The predicted octanol–water partition coefficient (Wildman–Crippen LogP) is 3.77. The van der Waals surface area contributed by atoms with Crippen molar-refractivity contribution < 1.29 is 4.39 Å². The van der Waals surface area contributed by atoms with Gasteiger partial charge in [-0.1, -0.05) is 25.4 Å². The van der Waals surface area contributed by atoms with E-state index in [1.54, 1.807) is 17.8 Å². The van der Waals surface area contributed by atoms with Gasteiger partial charge in [0.05, 0.1) is 0 Å². The first-order valence-electron chi connectivity index (χ1n) is 5.47. The number of halogens is 2. The molecule has 0 spiro atoms. The number of nitrogens with one attached hydrogen (secondary N) is 1. The summed E-state index contributed by atoms with van der Waals surface area (Å²) in [6.45, 7) is 5.07. The largest absolute Gasteiger partial charge is 0.309 e. The van der Waals surface area contributed by atoms with E-state index >= 15 is 0 Å². The molecule has 0 radical (unpaired) electrons. The zero-order valence-corrected chi connectivity index (χ0v) is 11.0. The number of hydrogen-bond acceptors (Lipinski definition) is 2. The van der Waals surface area contributed by atoms with Crippen molar-refractivity contribution in [3.63, 3.8) is 0 Å². The number of fused-ring (bicyclic) bond motifs is 1. The Labute approximate surface area is 105 Å². The molecule has 0 aliphatic carbocycles. The second-order valence-corrected chi connectivity index (χ2v) is 5.75. The summed E-state index contributed by atoms with van der Waals surface area (Å²) < 4.78 is 13.7. The summed E-state index contributed by atoms with van der Waals surface area (Å²) in [5, 5.41) is 4.48. The maximum absolute atomic E-state index is 13.7. The highest BCUT2D eigenvalue weighted by Gasteiger charge is 2.30. The van der Waals surface area contributed by atoms with Crippen LogP contribution in [0.15, 0.2) is 12.1 Å². The van der Waals surface area contributed by atoms with E-state index in [1.807, 2.05) is 0 Å². The highest BCUT2D eigenvalue weighted by Crippen LogP contribution is 2.41. The Morgan fingerprint density at radius 3 is 3.00 bits per heavy atom. The lowest BCUT2D eigenvalue weighted by molar-refractivity contribution is 0.528. The minimum atomic E-state index is -0.137. The molecule has 0 saturated carbocycles. The smallest absolute Gasteiger partial charge is 0.127 e. The Morgan fingerprint density at radius 2 is 2.31 bits per heavy atom. The monoisotopic (exact) mass is 259 g/mol. The molecule has 1 nitrogen and oxygen atoms in total. The number of benzene rings is 1. The van der Waals surface area contributed by atoms with Crippen LogP contribution in [-0.4, -0.2) is 11.8 Å². The topological polar surface area (TPSA) is 12.0 Å². The van der Waals surface area contributed by atoms with Crippen LogP contribution in [0.1, 0.15) is 31.0 Å². The average Bonchev–Trinajstić information content (AvgIpc) is 2.27.